The zero-order valence-electron chi connectivity index (χ0n) is 18.8. The zero-order chi connectivity index (χ0) is 24.6. The number of para-hydroxylation sites is 2. The van der Waals surface area contributed by atoms with Gasteiger partial charge in [0, 0.05) is 21.8 Å². The number of phenolic OH excluding ortho intramolecular Hbond substituents is 1. The van der Waals surface area contributed by atoms with Gasteiger partial charge in [-0.1, -0.05) is 47.6 Å². The molecule has 0 bridgehead atoms. The lowest BCUT2D eigenvalue weighted by Crippen LogP contribution is -2.20. The minimum absolute atomic E-state index is 0.0348. The zero-order valence-corrected chi connectivity index (χ0v) is 20.3. The number of hydrazone groups is 1. The Morgan fingerprint density at radius 1 is 1.11 bits per heavy atom. The summed E-state index contributed by atoms with van der Waals surface area (Å²) in [6, 6.07) is 22.1. The summed E-state index contributed by atoms with van der Waals surface area (Å²) >= 11 is 7.27. The van der Waals surface area contributed by atoms with Gasteiger partial charge in [-0.2, -0.15) is 5.10 Å². The van der Waals surface area contributed by atoms with Gasteiger partial charge in [0.15, 0.2) is 22.5 Å². The van der Waals surface area contributed by atoms with Crippen molar-refractivity contribution in [2.24, 2.45) is 5.10 Å². The van der Waals surface area contributed by atoms with Crippen LogP contribution >= 0.6 is 23.4 Å². The highest BCUT2D eigenvalue weighted by Crippen LogP contribution is 2.29. The second kappa shape index (κ2) is 11.5. The van der Waals surface area contributed by atoms with Crippen LogP contribution in [0.15, 0.2) is 83.1 Å². The van der Waals surface area contributed by atoms with Gasteiger partial charge in [-0.15, -0.1) is 10.2 Å². The average molecular weight is 508 g/mol. The lowest BCUT2D eigenvalue weighted by molar-refractivity contribution is -0.118. The van der Waals surface area contributed by atoms with E-state index in [0.717, 1.165) is 11.3 Å². The fraction of sp³-hybridized carbons (Fsp3) is 0.120. The lowest BCUT2D eigenvalue weighted by Gasteiger charge is -2.10. The maximum atomic E-state index is 12.4. The van der Waals surface area contributed by atoms with Gasteiger partial charge >= 0.3 is 0 Å². The van der Waals surface area contributed by atoms with Crippen LogP contribution < -0.4 is 10.2 Å². The fourth-order valence-electron chi connectivity index (χ4n) is 3.21. The van der Waals surface area contributed by atoms with Crippen LogP contribution in [0.1, 0.15) is 12.5 Å². The second-order valence-electron chi connectivity index (χ2n) is 7.19. The number of hydrogen-bond donors (Lipinski definition) is 2. The number of phenols is 1. The van der Waals surface area contributed by atoms with Crippen LogP contribution in [0.3, 0.4) is 0 Å². The molecule has 0 atom stereocenters. The SMILES string of the molecule is CCOc1cccc(/C=N/NC(=O)CSc2nnc(-c3ccc(Cl)cc3)n2-c2ccccc2)c1O. The van der Waals surface area contributed by atoms with E-state index < -0.39 is 0 Å². The first-order valence-corrected chi connectivity index (χ1v) is 12.1. The molecule has 4 rings (SSSR count). The highest BCUT2D eigenvalue weighted by molar-refractivity contribution is 7.99. The number of rotatable bonds is 9. The van der Waals surface area contributed by atoms with Crippen LogP contribution in [0.25, 0.3) is 17.1 Å². The number of nitrogens with zero attached hydrogens (tertiary/aromatic N) is 4. The van der Waals surface area contributed by atoms with Gasteiger partial charge in [0.1, 0.15) is 0 Å². The fourth-order valence-corrected chi connectivity index (χ4v) is 4.08. The number of aromatic nitrogens is 3. The molecular formula is C25H22ClN5O3S. The number of amides is 1. The Balaban J connectivity index is 1.47. The maximum Gasteiger partial charge on any atom is 0.250 e. The molecule has 1 amide bonds. The summed E-state index contributed by atoms with van der Waals surface area (Å²) in [4.78, 5) is 12.4. The number of thioether (sulfide) groups is 1. The van der Waals surface area contributed by atoms with Crippen LogP contribution in [0.5, 0.6) is 11.5 Å². The molecule has 35 heavy (non-hydrogen) atoms. The van der Waals surface area contributed by atoms with E-state index in [0.29, 0.717) is 33.9 Å². The van der Waals surface area contributed by atoms with Crippen molar-refractivity contribution in [3.8, 4) is 28.6 Å². The largest absolute Gasteiger partial charge is 0.504 e. The van der Waals surface area contributed by atoms with E-state index in [1.807, 2.05) is 54.0 Å². The summed E-state index contributed by atoms with van der Waals surface area (Å²) in [5.74, 6) is 0.691. The van der Waals surface area contributed by atoms with Gasteiger partial charge in [0.2, 0.25) is 0 Å². The quantitative estimate of drug-likeness (QED) is 0.189. The van der Waals surface area contributed by atoms with Crippen molar-refractivity contribution in [3.63, 3.8) is 0 Å². The van der Waals surface area contributed by atoms with Crippen molar-refractivity contribution in [2.75, 3.05) is 12.4 Å². The molecule has 0 saturated carbocycles. The Hall–Kier alpha value is -3.82. The molecule has 10 heteroatoms. The van der Waals surface area contributed by atoms with Crippen LogP contribution in [-0.2, 0) is 4.79 Å². The Bertz CT molecular complexity index is 1330. The normalized spacial score (nSPS) is 11.0. The van der Waals surface area contributed by atoms with Crippen molar-refractivity contribution in [1.29, 1.82) is 0 Å². The summed E-state index contributed by atoms with van der Waals surface area (Å²) in [5.41, 5.74) is 4.62. The van der Waals surface area contributed by atoms with Crippen LogP contribution in [0, 0.1) is 0 Å². The Labute approximate surface area is 211 Å². The smallest absolute Gasteiger partial charge is 0.250 e. The van der Waals surface area contributed by atoms with E-state index in [1.165, 1.54) is 18.0 Å². The van der Waals surface area contributed by atoms with Crippen LogP contribution in [-0.4, -0.2) is 44.4 Å². The molecule has 0 aliphatic rings. The predicted molar refractivity (Wildman–Crippen MR) is 138 cm³/mol. The number of nitrogens with one attached hydrogen (secondary N) is 1. The molecule has 4 aromatic rings. The Kier molecular flexibility index (Phi) is 8.02. The molecule has 0 spiro atoms. The molecule has 0 radical (unpaired) electrons. The Morgan fingerprint density at radius 2 is 1.89 bits per heavy atom. The average Bonchev–Trinajstić information content (AvgIpc) is 3.30. The van der Waals surface area contributed by atoms with Gasteiger partial charge < -0.3 is 9.84 Å². The molecule has 178 valence electrons. The first-order valence-electron chi connectivity index (χ1n) is 10.7. The third-order valence-electron chi connectivity index (χ3n) is 4.81. The van der Waals surface area contributed by atoms with E-state index >= 15 is 0 Å². The summed E-state index contributed by atoms with van der Waals surface area (Å²) in [6.07, 6.45) is 1.37. The molecule has 2 N–H and O–H groups in total. The highest BCUT2D eigenvalue weighted by Gasteiger charge is 2.17. The van der Waals surface area contributed by atoms with E-state index in [2.05, 4.69) is 20.7 Å². The van der Waals surface area contributed by atoms with Crippen molar-refractivity contribution >= 4 is 35.5 Å². The van der Waals surface area contributed by atoms with Gasteiger partial charge in [0.05, 0.1) is 18.6 Å². The number of halogens is 1. The van der Waals surface area contributed by atoms with Gasteiger partial charge in [-0.05, 0) is 55.5 Å². The molecule has 0 aliphatic heterocycles. The summed E-state index contributed by atoms with van der Waals surface area (Å²) in [5, 5.41) is 24.0. The van der Waals surface area contributed by atoms with Crippen LogP contribution in [0.2, 0.25) is 5.02 Å². The van der Waals surface area contributed by atoms with E-state index in [1.54, 1.807) is 30.3 Å². The summed E-state index contributed by atoms with van der Waals surface area (Å²) in [7, 11) is 0. The molecule has 8 nitrogen and oxygen atoms in total. The molecule has 0 fully saturated rings. The molecule has 0 aliphatic carbocycles. The third kappa shape index (κ3) is 6.00. The number of benzene rings is 3. The number of carbonyl (C=O) groups is 1. The molecule has 1 aromatic heterocycles. The molecule has 3 aromatic carbocycles. The van der Waals surface area contributed by atoms with Gasteiger partial charge in [-0.25, -0.2) is 5.43 Å². The van der Waals surface area contributed by atoms with Crippen LogP contribution in [0.4, 0.5) is 0 Å². The molecule has 0 unspecified atom stereocenters. The monoisotopic (exact) mass is 507 g/mol. The third-order valence-corrected chi connectivity index (χ3v) is 5.99. The summed E-state index contributed by atoms with van der Waals surface area (Å²) in [6.45, 7) is 2.25. The van der Waals surface area contributed by atoms with E-state index in [4.69, 9.17) is 16.3 Å². The maximum absolute atomic E-state index is 12.4. The molecule has 0 saturated heterocycles. The van der Waals surface area contributed by atoms with E-state index in [-0.39, 0.29) is 17.4 Å². The van der Waals surface area contributed by atoms with Crippen molar-refractivity contribution in [3.05, 3.63) is 83.4 Å². The first kappa shape index (κ1) is 24.3. The van der Waals surface area contributed by atoms with Crippen molar-refractivity contribution < 1.29 is 14.6 Å². The standard InChI is InChI=1S/C25H22ClN5O3S/c1-2-34-21-10-6-7-18(23(21)33)15-27-28-22(32)16-35-25-30-29-24(17-11-13-19(26)14-12-17)31(25)20-8-4-3-5-9-20/h3-15,33H,2,16H2,1H3,(H,28,32)/b27-15+. The molecule has 1 heterocycles. The predicted octanol–water partition coefficient (Wildman–Crippen LogP) is 4.93. The van der Waals surface area contributed by atoms with E-state index in [9.17, 15) is 9.90 Å². The van der Waals surface area contributed by atoms with Gasteiger partial charge in [0.25, 0.3) is 5.91 Å². The number of aromatic hydroxyl groups is 1. The summed E-state index contributed by atoms with van der Waals surface area (Å²) < 4.78 is 7.25. The molecular weight excluding hydrogens is 486 g/mol. The lowest BCUT2D eigenvalue weighted by atomic mass is 10.2. The minimum Gasteiger partial charge on any atom is -0.504 e. The second-order valence-corrected chi connectivity index (χ2v) is 8.57. The minimum atomic E-state index is -0.331. The number of hydrogen-bond acceptors (Lipinski definition) is 7. The van der Waals surface area contributed by atoms with Gasteiger partial charge in [-0.3, -0.25) is 9.36 Å². The van der Waals surface area contributed by atoms with Crippen molar-refractivity contribution in [2.45, 2.75) is 12.1 Å². The number of ether oxygens (including phenoxy) is 1. The highest BCUT2D eigenvalue weighted by atomic mass is 35.5. The number of carbonyl (C=O) groups excluding carboxylic acids is 1. The Morgan fingerprint density at radius 3 is 2.63 bits per heavy atom. The first-order chi connectivity index (χ1) is 17.1. The topological polar surface area (TPSA) is 102 Å². The van der Waals surface area contributed by atoms with Crippen molar-refractivity contribution in [1.82, 2.24) is 20.2 Å².